The van der Waals surface area contributed by atoms with Crippen LogP contribution in [0, 0.1) is 5.92 Å². The Morgan fingerprint density at radius 2 is 2.00 bits per heavy atom. The Kier molecular flexibility index (Phi) is 6.84. The number of aliphatic hydroxyl groups is 1. The number of amides is 1. The van der Waals surface area contributed by atoms with Gasteiger partial charge in [-0.1, -0.05) is 26.7 Å². The van der Waals surface area contributed by atoms with E-state index >= 15 is 0 Å². The Morgan fingerprint density at radius 3 is 2.65 bits per heavy atom. The highest BCUT2D eigenvalue weighted by atomic mass is 16.3. The number of aliphatic hydroxyl groups excluding tert-OH is 1. The van der Waals surface area contributed by atoms with Gasteiger partial charge in [-0.3, -0.25) is 4.79 Å². The van der Waals surface area contributed by atoms with Gasteiger partial charge in [-0.15, -0.1) is 0 Å². The predicted octanol–water partition coefficient (Wildman–Crippen LogP) is 2.60. The number of nitrogens with one attached hydrogen (secondary N) is 1. The Bertz CT molecular complexity index is 497. The fraction of sp³-hybridized carbons (Fsp3) is 0.667. The van der Waals surface area contributed by atoms with E-state index in [2.05, 4.69) is 29.0 Å². The maximum absolute atomic E-state index is 12.5. The molecule has 1 fully saturated rings. The van der Waals surface area contributed by atoms with Crippen molar-refractivity contribution in [2.45, 2.75) is 52.1 Å². The summed E-state index contributed by atoms with van der Waals surface area (Å²) in [5, 5.41) is 13.1. The monoisotopic (exact) mass is 319 g/mol. The molecule has 1 aromatic heterocycles. The van der Waals surface area contributed by atoms with Crippen molar-refractivity contribution in [3.05, 3.63) is 23.9 Å². The molecule has 2 rings (SSSR count). The molecule has 23 heavy (non-hydrogen) atoms. The molecular formula is C18H29N3O2. The van der Waals surface area contributed by atoms with E-state index in [0.717, 1.165) is 44.6 Å². The SMILES string of the molecule is CCC(CC)C(O)CNC(=O)c1cccnc1N1CCCCC1. The molecule has 0 aliphatic carbocycles. The summed E-state index contributed by atoms with van der Waals surface area (Å²) in [6, 6.07) is 3.61. The molecule has 0 radical (unpaired) electrons. The number of hydrogen-bond donors (Lipinski definition) is 2. The Hall–Kier alpha value is -1.62. The molecule has 1 amide bonds. The van der Waals surface area contributed by atoms with Crippen molar-refractivity contribution in [1.29, 1.82) is 0 Å². The third-order valence-corrected chi connectivity index (χ3v) is 4.75. The van der Waals surface area contributed by atoms with Crippen molar-refractivity contribution in [2.24, 2.45) is 5.92 Å². The van der Waals surface area contributed by atoms with E-state index in [1.165, 1.54) is 6.42 Å². The number of carbonyl (C=O) groups is 1. The lowest BCUT2D eigenvalue weighted by atomic mass is 9.96. The van der Waals surface area contributed by atoms with Crippen LogP contribution in [0.5, 0.6) is 0 Å². The third kappa shape index (κ3) is 4.67. The molecule has 1 aliphatic heterocycles. The average Bonchev–Trinajstić information content (AvgIpc) is 2.61. The van der Waals surface area contributed by atoms with Crippen LogP contribution in [0.2, 0.25) is 0 Å². The van der Waals surface area contributed by atoms with E-state index in [1.54, 1.807) is 12.3 Å². The zero-order chi connectivity index (χ0) is 16.7. The lowest BCUT2D eigenvalue weighted by Crippen LogP contribution is -2.38. The highest BCUT2D eigenvalue weighted by Gasteiger charge is 2.21. The maximum Gasteiger partial charge on any atom is 0.255 e. The molecule has 0 aromatic carbocycles. The summed E-state index contributed by atoms with van der Waals surface area (Å²) >= 11 is 0. The van der Waals surface area contributed by atoms with Crippen molar-refractivity contribution >= 4 is 11.7 Å². The first-order valence-electron chi connectivity index (χ1n) is 8.83. The van der Waals surface area contributed by atoms with Crippen LogP contribution in [-0.4, -0.2) is 41.7 Å². The van der Waals surface area contributed by atoms with Crippen LogP contribution in [0.15, 0.2) is 18.3 Å². The van der Waals surface area contributed by atoms with Gasteiger partial charge in [0.15, 0.2) is 0 Å². The molecule has 1 aliphatic rings. The molecule has 128 valence electrons. The van der Waals surface area contributed by atoms with Crippen LogP contribution in [0.4, 0.5) is 5.82 Å². The minimum Gasteiger partial charge on any atom is -0.391 e. The van der Waals surface area contributed by atoms with E-state index in [4.69, 9.17) is 0 Å². The predicted molar refractivity (Wildman–Crippen MR) is 92.7 cm³/mol. The quantitative estimate of drug-likeness (QED) is 0.811. The van der Waals surface area contributed by atoms with Crippen LogP contribution in [0.3, 0.4) is 0 Å². The molecule has 1 unspecified atom stereocenters. The second-order valence-electron chi connectivity index (χ2n) is 6.28. The number of anilines is 1. The van der Waals surface area contributed by atoms with E-state index in [-0.39, 0.29) is 11.8 Å². The smallest absolute Gasteiger partial charge is 0.255 e. The average molecular weight is 319 g/mol. The van der Waals surface area contributed by atoms with Gasteiger partial charge in [0.1, 0.15) is 5.82 Å². The summed E-state index contributed by atoms with van der Waals surface area (Å²) in [6.07, 6.45) is 6.60. The van der Waals surface area contributed by atoms with Gasteiger partial charge in [0.2, 0.25) is 0 Å². The van der Waals surface area contributed by atoms with E-state index in [9.17, 15) is 9.90 Å². The molecule has 1 saturated heterocycles. The molecule has 5 heteroatoms. The van der Waals surface area contributed by atoms with E-state index < -0.39 is 6.10 Å². The van der Waals surface area contributed by atoms with E-state index in [0.29, 0.717) is 12.1 Å². The largest absolute Gasteiger partial charge is 0.391 e. The summed E-state index contributed by atoms with van der Waals surface area (Å²) in [5.74, 6) is 0.844. The topological polar surface area (TPSA) is 65.5 Å². The van der Waals surface area contributed by atoms with Gasteiger partial charge >= 0.3 is 0 Å². The Morgan fingerprint density at radius 1 is 1.30 bits per heavy atom. The van der Waals surface area contributed by atoms with Crippen molar-refractivity contribution in [1.82, 2.24) is 10.3 Å². The van der Waals surface area contributed by atoms with Gasteiger partial charge in [0.05, 0.1) is 11.7 Å². The summed E-state index contributed by atoms with van der Waals surface area (Å²) in [4.78, 5) is 19.1. The van der Waals surface area contributed by atoms with Crippen LogP contribution >= 0.6 is 0 Å². The summed E-state index contributed by atoms with van der Waals surface area (Å²) in [7, 11) is 0. The Balaban J connectivity index is 2.02. The second kappa shape index (κ2) is 8.87. The molecule has 0 bridgehead atoms. The van der Waals surface area contributed by atoms with Crippen LogP contribution in [0.1, 0.15) is 56.3 Å². The third-order valence-electron chi connectivity index (χ3n) is 4.75. The highest BCUT2D eigenvalue weighted by Crippen LogP contribution is 2.21. The van der Waals surface area contributed by atoms with Crippen LogP contribution < -0.4 is 10.2 Å². The van der Waals surface area contributed by atoms with Crippen molar-refractivity contribution in [2.75, 3.05) is 24.5 Å². The number of aromatic nitrogens is 1. The maximum atomic E-state index is 12.5. The number of nitrogens with zero attached hydrogens (tertiary/aromatic N) is 2. The normalized spacial score (nSPS) is 16.4. The molecule has 1 aromatic rings. The van der Waals surface area contributed by atoms with Gasteiger partial charge in [-0.25, -0.2) is 4.98 Å². The number of rotatable bonds is 7. The summed E-state index contributed by atoms with van der Waals surface area (Å²) < 4.78 is 0. The fourth-order valence-electron chi connectivity index (χ4n) is 3.22. The molecule has 5 nitrogen and oxygen atoms in total. The lowest BCUT2D eigenvalue weighted by Gasteiger charge is -2.29. The zero-order valence-corrected chi connectivity index (χ0v) is 14.3. The van der Waals surface area contributed by atoms with Gasteiger partial charge < -0.3 is 15.3 Å². The minimum absolute atomic E-state index is 0.149. The van der Waals surface area contributed by atoms with Crippen molar-refractivity contribution in [3.63, 3.8) is 0 Å². The number of piperidine rings is 1. The van der Waals surface area contributed by atoms with Crippen LogP contribution in [-0.2, 0) is 0 Å². The molecule has 0 saturated carbocycles. The fourth-order valence-corrected chi connectivity index (χ4v) is 3.22. The van der Waals surface area contributed by atoms with Crippen molar-refractivity contribution < 1.29 is 9.90 Å². The van der Waals surface area contributed by atoms with Gasteiger partial charge in [0.25, 0.3) is 5.91 Å². The van der Waals surface area contributed by atoms with E-state index in [1.807, 2.05) is 6.07 Å². The first-order valence-corrected chi connectivity index (χ1v) is 8.83. The molecule has 1 atom stereocenters. The first-order chi connectivity index (χ1) is 11.2. The summed E-state index contributed by atoms with van der Waals surface area (Å²) in [5.41, 5.74) is 0.603. The summed E-state index contributed by atoms with van der Waals surface area (Å²) in [6.45, 7) is 6.32. The second-order valence-corrected chi connectivity index (χ2v) is 6.28. The number of pyridine rings is 1. The molecular weight excluding hydrogens is 290 g/mol. The lowest BCUT2D eigenvalue weighted by molar-refractivity contribution is 0.0816. The number of hydrogen-bond acceptors (Lipinski definition) is 4. The molecule has 0 spiro atoms. The van der Waals surface area contributed by atoms with Gasteiger partial charge in [-0.05, 0) is 37.3 Å². The Labute approximate surface area is 139 Å². The highest BCUT2D eigenvalue weighted by molar-refractivity contribution is 5.98. The zero-order valence-electron chi connectivity index (χ0n) is 14.3. The van der Waals surface area contributed by atoms with Gasteiger partial charge in [0, 0.05) is 25.8 Å². The minimum atomic E-state index is -0.496. The molecule has 2 heterocycles. The standard InChI is InChI=1S/C18H29N3O2/c1-3-14(4-2)16(22)13-20-18(23)15-9-8-10-19-17(15)21-11-6-5-7-12-21/h8-10,14,16,22H,3-7,11-13H2,1-2H3,(H,20,23). The van der Waals surface area contributed by atoms with Crippen LogP contribution in [0.25, 0.3) is 0 Å². The van der Waals surface area contributed by atoms with Crippen molar-refractivity contribution in [3.8, 4) is 0 Å². The first kappa shape index (κ1) is 17.7. The number of carbonyl (C=O) groups excluding carboxylic acids is 1. The molecule has 2 N–H and O–H groups in total. The van der Waals surface area contributed by atoms with Gasteiger partial charge in [-0.2, -0.15) is 0 Å².